The molecular weight excluding hydrogens is 296 g/mol. The van der Waals surface area contributed by atoms with Gasteiger partial charge in [0.05, 0.1) is 0 Å². The monoisotopic (exact) mass is 316 g/mol. The summed E-state index contributed by atoms with van der Waals surface area (Å²) in [5.74, 6) is -0.509. The zero-order chi connectivity index (χ0) is 16.4. The molecule has 7 heteroatoms. The molecule has 1 N–H and O–H groups in total. The van der Waals surface area contributed by atoms with E-state index in [9.17, 15) is 14.4 Å². The molecule has 2 aliphatic heterocycles. The van der Waals surface area contributed by atoms with Crippen molar-refractivity contribution in [1.82, 2.24) is 20.0 Å². The summed E-state index contributed by atoms with van der Waals surface area (Å²) in [5.41, 5.74) is 1.12. The van der Waals surface area contributed by atoms with Gasteiger partial charge in [0.1, 0.15) is 13.1 Å². The number of amides is 4. The number of hydrogen-bond acceptors (Lipinski definition) is 4. The Morgan fingerprint density at radius 3 is 2.65 bits per heavy atom. The Kier molecular flexibility index (Phi) is 4.29. The van der Waals surface area contributed by atoms with Crippen molar-refractivity contribution in [2.45, 2.75) is 6.04 Å². The molecule has 0 spiro atoms. The van der Waals surface area contributed by atoms with Crippen LogP contribution < -0.4 is 5.32 Å². The molecule has 0 aliphatic carbocycles. The summed E-state index contributed by atoms with van der Waals surface area (Å²) in [4.78, 5) is 40.2. The van der Waals surface area contributed by atoms with Crippen molar-refractivity contribution in [3.05, 3.63) is 35.9 Å². The van der Waals surface area contributed by atoms with E-state index in [1.807, 2.05) is 30.3 Å². The molecule has 4 amide bonds. The second-order valence-electron chi connectivity index (χ2n) is 5.88. The van der Waals surface area contributed by atoms with E-state index >= 15 is 0 Å². The standard InChI is InChI=1S/C16H20N4O3/c1-18-10-15(22)20(16(18)23)11-14(21)19-8-7-17-13(9-19)12-5-3-2-4-6-12/h2-6,13,17H,7-11H2,1H3. The number of piperazine rings is 1. The molecule has 1 aromatic rings. The van der Waals surface area contributed by atoms with E-state index in [0.29, 0.717) is 19.6 Å². The number of nitrogens with zero attached hydrogens (tertiary/aromatic N) is 3. The van der Waals surface area contributed by atoms with Crippen molar-refractivity contribution in [2.75, 3.05) is 39.8 Å². The Labute approximate surface area is 134 Å². The van der Waals surface area contributed by atoms with Crippen LogP contribution in [0.15, 0.2) is 30.3 Å². The lowest BCUT2D eigenvalue weighted by atomic mass is 10.0. The van der Waals surface area contributed by atoms with Crippen LogP contribution in [0.4, 0.5) is 4.79 Å². The van der Waals surface area contributed by atoms with Gasteiger partial charge in [-0.05, 0) is 5.56 Å². The number of nitrogens with one attached hydrogen (secondary N) is 1. The van der Waals surface area contributed by atoms with Crippen LogP contribution in [0.2, 0.25) is 0 Å². The summed E-state index contributed by atoms with van der Waals surface area (Å²) in [5, 5.41) is 3.39. The third-order valence-electron chi connectivity index (χ3n) is 4.25. The van der Waals surface area contributed by atoms with E-state index in [1.54, 1.807) is 11.9 Å². The van der Waals surface area contributed by atoms with Gasteiger partial charge in [-0.3, -0.25) is 14.5 Å². The SMILES string of the molecule is CN1CC(=O)N(CC(=O)N2CCNC(c3ccccc3)C2)C1=O. The summed E-state index contributed by atoms with van der Waals surface area (Å²) >= 11 is 0. The van der Waals surface area contributed by atoms with Gasteiger partial charge in [-0.2, -0.15) is 0 Å². The van der Waals surface area contributed by atoms with Gasteiger partial charge < -0.3 is 15.1 Å². The highest BCUT2D eigenvalue weighted by molar-refractivity contribution is 6.04. The molecule has 122 valence electrons. The fourth-order valence-corrected chi connectivity index (χ4v) is 2.94. The summed E-state index contributed by atoms with van der Waals surface area (Å²) in [6.45, 7) is 1.67. The number of hydrogen-bond donors (Lipinski definition) is 1. The molecule has 2 aliphatic rings. The molecule has 0 radical (unpaired) electrons. The van der Waals surface area contributed by atoms with E-state index < -0.39 is 6.03 Å². The van der Waals surface area contributed by atoms with Crippen molar-refractivity contribution >= 4 is 17.8 Å². The molecule has 2 heterocycles. The largest absolute Gasteiger partial charge is 0.338 e. The molecule has 2 fully saturated rings. The fourth-order valence-electron chi connectivity index (χ4n) is 2.94. The zero-order valence-corrected chi connectivity index (χ0v) is 13.1. The Balaban J connectivity index is 1.64. The van der Waals surface area contributed by atoms with E-state index in [2.05, 4.69) is 5.32 Å². The Morgan fingerprint density at radius 2 is 2.00 bits per heavy atom. The number of carbonyl (C=O) groups excluding carboxylic acids is 3. The summed E-state index contributed by atoms with van der Waals surface area (Å²) in [7, 11) is 1.56. The molecule has 1 unspecified atom stereocenters. The second kappa shape index (κ2) is 6.37. The number of benzene rings is 1. The lowest BCUT2D eigenvalue weighted by Crippen LogP contribution is -2.51. The maximum atomic E-state index is 12.5. The fraction of sp³-hybridized carbons (Fsp3) is 0.438. The first-order valence-electron chi connectivity index (χ1n) is 7.68. The number of carbonyl (C=O) groups is 3. The molecule has 0 bridgehead atoms. The van der Waals surface area contributed by atoms with Crippen molar-refractivity contribution in [1.29, 1.82) is 0 Å². The number of urea groups is 1. The van der Waals surface area contributed by atoms with Crippen LogP contribution in [0.1, 0.15) is 11.6 Å². The van der Waals surface area contributed by atoms with Crippen LogP contribution in [-0.4, -0.2) is 72.3 Å². The van der Waals surface area contributed by atoms with Gasteiger partial charge in [0.15, 0.2) is 0 Å². The zero-order valence-electron chi connectivity index (χ0n) is 13.1. The average Bonchev–Trinajstić information content (AvgIpc) is 2.82. The van der Waals surface area contributed by atoms with Gasteiger partial charge in [-0.25, -0.2) is 4.79 Å². The van der Waals surface area contributed by atoms with Crippen LogP contribution in [0.25, 0.3) is 0 Å². The predicted octanol–water partition coefficient (Wildman–Crippen LogP) is 0.0535. The highest BCUT2D eigenvalue weighted by atomic mass is 16.2. The molecule has 0 saturated carbocycles. The first-order valence-corrected chi connectivity index (χ1v) is 7.68. The minimum atomic E-state index is -0.405. The van der Waals surface area contributed by atoms with Gasteiger partial charge in [0.2, 0.25) is 5.91 Å². The number of rotatable bonds is 3. The van der Waals surface area contributed by atoms with Crippen molar-refractivity contribution in [3.8, 4) is 0 Å². The van der Waals surface area contributed by atoms with Gasteiger partial charge in [-0.15, -0.1) is 0 Å². The molecule has 23 heavy (non-hydrogen) atoms. The molecule has 0 aromatic heterocycles. The van der Waals surface area contributed by atoms with E-state index in [4.69, 9.17) is 0 Å². The van der Waals surface area contributed by atoms with Gasteiger partial charge in [-0.1, -0.05) is 30.3 Å². The van der Waals surface area contributed by atoms with Gasteiger partial charge in [0.25, 0.3) is 5.91 Å². The maximum absolute atomic E-state index is 12.5. The Morgan fingerprint density at radius 1 is 1.26 bits per heavy atom. The minimum Gasteiger partial charge on any atom is -0.338 e. The van der Waals surface area contributed by atoms with Crippen LogP contribution in [-0.2, 0) is 9.59 Å². The quantitative estimate of drug-likeness (QED) is 0.800. The molecule has 2 saturated heterocycles. The van der Waals surface area contributed by atoms with Crippen molar-refractivity contribution < 1.29 is 14.4 Å². The van der Waals surface area contributed by atoms with Gasteiger partial charge >= 0.3 is 6.03 Å². The molecule has 7 nitrogen and oxygen atoms in total. The van der Waals surface area contributed by atoms with Crippen LogP contribution >= 0.6 is 0 Å². The first-order chi connectivity index (χ1) is 11.1. The smallest absolute Gasteiger partial charge is 0.327 e. The number of likely N-dealkylation sites (N-methyl/N-ethyl adjacent to an activating group) is 1. The normalized spacial score (nSPS) is 22.0. The van der Waals surface area contributed by atoms with E-state index in [0.717, 1.165) is 10.5 Å². The van der Waals surface area contributed by atoms with Crippen LogP contribution in [0.3, 0.4) is 0 Å². The topological polar surface area (TPSA) is 73.0 Å². The maximum Gasteiger partial charge on any atom is 0.327 e. The minimum absolute atomic E-state index is 0.0420. The summed E-state index contributed by atoms with van der Waals surface area (Å²) < 4.78 is 0. The molecular formula is C16H20N4O3. The molecule has 1 atom stereocenters. The predicted molar refractivity (Wildman–Crippen MR) is 83.5 cm³/mol. The van der Waals surface area contributed by atoms with Gasteiger partial charge in [0, 0.05) is 32.7 Å². The first kappa shape index (κ1) is 15.5. The summed E-state index contributed by atoms with van der Waals surface area (Å²) in [6.07, 6.45) is 0. The lowest BCUT2D eigenvalue weighted by Gasteiger charge is -2.34. The number of imide groups is 1. The van der Waals surface area contributed by atoms with Crippen LogP contribution in [0.5, 0.6) is 0 Å². The molecule has 1 aromatic carbocycles. The third kappa shape index (κ3) is 3.19. The highest BCUT2D eigenvalue weighted by Crippen LogP contribution is 2.17. The lowest BCUT2D eigenvalue weighted by molar-refractivity contribution is -0.137. The Hall–Kier alpha value is -2.41. The van der Waals surface area contributed by atoms with Crippen molar-refractivity contribution in [3.63, 3.8) is 0 Å². The highest BCUT2D eigenvalue weighted by Gasteiger charge is 2.36. The Bertz CT molecular complexity index is 619. The van der Waals surface area contributed by atoms with Crippen LogP contribution in [0, 0.1) is 0 Å². The summed E-state index contributed by atoms with van der Waals surface area (Å²) in [6, 6.07) is 9.60. The average molecular weight is 316 g/mol. The van der Waals surface area contributed by atoms with E-state index in [1.165, 1.54) is 4.90 Å². The van der Waals surface area contributed by atoms with Crippen molar-refractivity contribution in [2.24, 2.45) is 0 Å². The third-order valence-corrected chi connectivity index (χ3v) is 4.25. The second-order valence-corrected chi connectivity index (χ2v) is 5.88. The van der Waals surface area contributed by atoms with E-state index in [-0.39, 0.29) is 30.9 Å². The molecule has 3 rings (SSSR count).